The predicted molar refractivity (Wildman–Crippen MR) is 71.1 cm³/mol. The standard InChI is InChI=1S/C11H9BrN4S/c12-7-4-9(17-6-7)10-8(5-13)16-3-1-2-14-11(16)15-10/h4,6H,1-3H2,(H,14,15). The second-order valence-corrected chi connectivity index (χ2v) is 5.63. The van der Waals surface area contributed by atoms with Crippen LogP contribution in [0.1, 0.15) is 12.1 Å². The highest BCUT2D eigenvalue weighted by molar-refractivity contribution is 9.10. The molecule has 86 valence electrons. The Labute approximate surface area is 111 Å². The normalized spacial score (nSPS) is 13.9. The minimum atomic E-state index is 0.654. The maximum atomic E-state index is 9.29. The van der Waals surface area contributed by atoms with Gasteiger partial charge in [0.2, 0.25) is 5.95 Å². The average Bonchev–Trinajstić information content (AvgIpc) is 2.91. The van der Waals surface area contributed by atoms with Gasteiger partial charge in [0.25, 0.3) is 0 Å². The first-order valence-corrected chi connectivity index (χ1v) is 6.96. The third-order valence-corrected chi connectivity index (χ3v) is 4.41. The van der Waals surface area contributed by atoms with Crippen molar-refractivity contribution >= 4 is 33.2 Å². The summed E-state index contributed by atoms with van der Waals surface area (Å²) >= 11 is 5.02. The fraction of sp³-hybridized carbons (Fsp3) is 0.273. The monoisotopic (exact) mass is 308 g/mol. The van der Waals surface area contributed by atoms with Crippen molar-refractivity contribution in [2.45, 2.75) is 13.0 Å². The Kier molecular flexibility index (Phi) is 2.65. The SMILES string of the molecule is N#Cc1c(-c2cc(Br)cs2)nc2n1CCCN2. The van der Waals surface area contributed by atoms with E-state index in [1.807, 2.05) is 16.0 Å². The van der Waals surface area contributed by atoms with Gasteiger partial charge in [0, 0.05) is 22.9 Å². The van der Waals surface area contributed by atoms with Crippen molar-refractivity contribution in [2.24, 2.45) is 0 Å². The molecule has 0 amide bonds. The van der Waals surface area contributed by atoms with E-state index in [-0.39, 0.29) is 0 Å². The van der Waals surface area contributed by atoms with Crippen LogP contribution in [0.3, 0.4) is 0 Å². The van der Waals surface area contributed by atoms with Crippen LogP contribution < -0.4 is 5.32 Å². The largest absolute Gasteiger partial charge is 0.356 e. The number of aromatic nitrogens is 2. The number of rotatable bonds is 1. The van der Waals surface area contributed by atoms with Crippen molar-refractivity contribution in [2.75, 3.05) is 11.9 Å². The molecule has 1 N–H and O–H groups in total. The molecule has 1 aliphatic rings. The summed E-state index contributed by atoms with van der Waals surface area (Å²) in [4.78, 5) is 5.55. The zero-order chi connectivity index (χ0) is 11.8. The van der Waals surface area contributed by atoms with Gasteiger partial charge < -0.3 is 9.88 Å². The first-order chi connectivity index (χ1) is 8.29. The van der Waals surface area contributed by atoms with Crippen molar-refractivity contribution < 1.29 is 0 Å². The number of thiophene rings is 1. The van der Waals surface area contributed by atoms with Crippen molar-refractivity contribution in [1.82, 2.24) is 9.55 Å². The third-order valence-electron chi connectivity index (χ3n) is 2.72. The Bertz CT molecular complexity index is 608. The highest BCUT2D eigenvalue weighted by Crippen LogP contribution is 2.33. The first kappa shape index (κ1) is 10.8. The van der Waals surface area contributed by atoms with Gasteiger partial charge in [-0.05, 0) is 28.4 Å². The number of hydrogen-bond donors (Lipinski definition) is 1. The summed E-state index contributed by atoms with van der Waals surface area (Å²) < 4.78 is 2.99. The Hall–Kier alpha value is -1.32. The lowest BCUT2D eigenvalue weighted by molar-refractivity contribution is 0.622. The Morgan fingerprint density at radius 1 is 1.59 bits per heavy atom. The van der Waals surface area contributed by atoms with Crippen LogP contribution in [0.2, 0.25) is 0 Å². The van der Waals surface area contributed by atoms with E-state index in [4.69, 9.17) is 0 Å². The Morgan fingerprint density at radius 3 is 3.18 bits per heavy atom. The molecule has 0 atom stereocenters. The lowest BCUT2D eigenvalue weighted by Gasteiger charge is -2.15. The fourth-order valence-electron chi connectivity index (χ4n) is 1.97. The van der Waals surface area contributed by atoms with Gasteiger partial charge in [-0.1, -0.05) is 0 Å². The third kappa shape index (κ3) is 1.75. The predicted octanol–water partition coefficient (Wildman–Crippen LogP) is 3.06. The van der Waals surface area contributed by atoms with E-state index in [1.165, 1.54) is 0 Å². The van der Waals surface area contributed by atoms with Crippen LogP contribution in [0.25, 0.3) is 10.6 Å². The van der Waals surface area contributed by atoms with Crippen molar-refractivity contribution in [3.8, 4) is 16.6 Å². The number of nitrogens with one attached hydrogen (secondary N) is 1. The number of nitriles is 1. The summed E-state index contributed by atoms with van der Waals surface area (Å²) in [6.45, 7) is 1.79. The summed E-state index contributed by atoms with van der Waals surface area (Å²) in [5.74, 6) is 0.812. The summed E-state index contributed by atoms with van der Waals surface area (Å²) in [5, 5.41) is 14.5. The topological polar surface area (TPSA) is 53.6 Å². The number of halogens is 1. The van der Waals surface area contributed by atoms with Crippen molar-refractivity contribution in [1.29, 1.82) is 5.26 Å². The molecular weight excluding hydrogens is 300 g/mol. The molecular formula is C11H9BrN4S. The molecule has 0 radical (unpaired) electrons. The molecule has 0 bridgehead atoms. The van der Waals surface area contributed by atoms with E-state index in [2.05, 4.69) is 32.3 Å². The van der Waals surface area contributed by atoms with Crippen LogP contribution in [0, 0.1) is 11.3 Å². The summed E-state index contributed by atoms with van der Waals surface area (Å²) in [7, 11) is 0. The molecule has 3 rings (SSSR count). The van der Waals surface area contributed by atoms with Gasteiger partial charge >= 0.3 is 0 Å². The molecule has 3 heterocycles. The van der Waals surface area contributed by atoms with Crippen LogP contribution in [0.15, 0.2) is 15.9 Å². The Balaban J connectivity index is 2.17. The lowest BCUT2D eigenvalue weighted by atomic mass is 10.3. The number of hydrogen-bond acceptors (Lipinski definition) is 4. The van der Waals surface area contributed by atoms with Gasteiger partial charge in [-0.25, -0.2) is 4.98 Å². The van der Waals surface area contributed by atoms with Crippen LogP contribution in [-0.2, 0) is 6.54 Å². The quantitative estimate of drug-likeness (QED) is 0.881. The Morgan fingerprint density at radius 2 is 2.47 bits per heavy atom. The second-order valence-electron chi connectivity index (χ2n) is 3.81. The van der Waals surface area contributed by atoms with Gasteiger partial charge in [0.1, 0.15) is 11.8 Å². The van der Waals surface area contributed by atoms with Gasteiger partial charge in [-0.3, -0.25) is 0 Å². The molecule has 0 aromatic carbocycles. The summed E-state index contributed by atoms with van der Waals surface area (Å²) in [6.07, 6.45) is 1.03. The number of anilines is 1. The molecule has 0 unspecified atom stereocenters. The van der Waals surface area contributed by atoms with Gasteiger partial charge in [-0.15, -0.1) is 11.3 Å². The lowest BCUT2D eigenvalue weighted by Crippen LogP contribution is -2.18. The number of fused-ring (bicyclic) bond motifs is 1. The fourth-order valence-corrected chi connectivity index (χ4v) is 3.38. The van der Waals surface area contributed by atoms with Gasteiger partial charge in [0.05, 0.1) is 4.88 Å². The van der Waals surface area contributed by atoms with E-state index in [0.717, 1.165) is 40.5 Å². The molecule has 0 fully saturated rings. The van der Waals surface area contributed by atoms with Crippen LogP contribution >= 0.6 is 27.3 Å². The van der Waals surface area contributed by atoms with E-state index < -0.39 is 0 Å². The molecule has 0 aliphatic carbocycles. The molecule has 17 heavy (non-hydrogen) atoms. The second kappa shape index (κ2) is 4.17. The van der Waals surface area contributed by atoms with Crippen LogP contribution in [-0.4, -0.2) is 16.1 Å². The summed E-state index contributed by atoms with van der Waals surface area (Å²) in [5.41, 5.74) is 1.44. The maximum Gasteiger partial charge on any atom is 0.204 e. The summed E-state index contributed by atoms with van der Waals surface area (Å²) in [6, 6.07) is 4.26. The van der Waals surface area contributed by atoms with Gasteiger partial charge in [-0.2, -0.15) is 5.26 Å². The molecule has 6 heteroatoms. The minimum Gasteiger partial charge on any atom is -0.356 e. The van der Waals surface area contributed by atoms with E-state index in [9.17, 15) is 5.26 Å². The molecule has 0 saturated carbocycles. The van der Waals surface area contributed by atoms with Gasteiger partial charge in [0.15, 0.2) is 5.69 Å². The molecule has 0 saturated heterocycles. The molecule has 1 aliphatic heterocycles. The molecule has 2 aromatic heterocycles. The zero-order valence-electron chi connectivity index (χ0n) is 8.90. The van der Waals surface area contributed by atoms with Crippen molar-refractivity contribution in [3.05, 3.63) is 21.6 Å². The molecule has 2 aromatic rings. The zero-order valence-corrected chi connectivity index (χ0v) is 11.3. The first-order valence-electron chi connectivity index (χ1n) is 5.28. The van der Waals surface area contributed by atoms with E-state index in [1.54, 1.807) is 11.3 Å². The van der Waals surface area contributed by atoms with E-state index in [0.29, 0.717) is 5.69 Å². The molecule has 4 nitrogen and oxygen atoms in total. The smallest absolute Gasteiger partial charge is 0.204 e. The van der Waals surface area contributed by atoms with Crippen molar-refractivity contribution in [3.63, 3.8) is 0 Å². The van der Waals surface area contributed by atoms with Crippen LogP contribution in [0.5, 0.6) is 0 Å². The maximum absolute atomic E-state index is 9.29. The van der Waals surface area contributed by atoms with E-state index >= 15 is 0 Å². The minimum absolute atomic E-state index is 0.654. The highest BCUT2D eigenvalue weighted by atomic mass is 79.9. The van der Waals surface area contributed by atoms with Crippen LogP contribution in [0.4, 0.5) is 5.95 Å². The average molecular weight is 309 g/mol. The number of imidazole rings is 1. The molecule has 0 spiro atoms. The number of nitrogens with zero attached hydrogens (tertiary/aromatic N) is 3. The highest BCUT2D eigenvalue weighted by Gasteiger charge is 2.21.